The van der Waals surface area contributed by atoms with Crippen molar-refractivity contribution in [3.8, 4) is 5.75 Å². The highest BCUT2D eigenvalue weighted by atomic mass is 19.4. The van der Waals surface area contributed by atoms with Crippen LogP contribution in [0.4, 0.5) is 18.9 Å². The van der Waals surface area contributed by atoms with Gasteiger partial charge in [0.15, 0.2) is 5.75 Å². The zero-order chi connectivity index (χ0) is 24.2. The van der Waals surface area contributed by atoms with Crippen LogP contribution < -0.4 is 15.5 Å². The van der Waals surface area contributed by atoms with E-state index in [2.05, 4.69) is 10.2 Å². The van der Waals surface area contributed by atoms with Crippen LogP contribution in [0.25, 0.3) is 0 Å². The number of nitrogens with zero attached hydrogens (tertiary/aromatic N) is 3. The smallest absolute Gasteiger partial charge is 0.416 e. The van der Waals surface area contributed by atoms with Crippen molar-refractivity contribution in [3.05, 3.63) is 58.0 Å². The fourth-order valence-electron chi connectivity index (χ4n) is 3.58. The van der Waals surface area contributed by atoms with Gasteiger partial charge in [0.05, 0.1) is 18.9 Å². The Bertz CT molecular complexity index is 1060. The molecule has 33 heavy (non-hydrogen) atoms. The van der Waals surface area contributed by atoms with Crippen LogP contribution in [0, 0.1) is 0 Å². The third kappa shape index (κ3) is 6.35. The molecule has 1 fully saturated rings. The lowest BCUT2D eigenvalue weighted by Crippen LogP contribution is -2.47. The van der Waals surface area contributed by atoms with Crippen LogP contribution in [-0.2, 0) is 28.9 Å². The molecule has 1 saturated heterocycles. The first-order chi connectivity index (χ1) is 15.6. The van der Waals surface area contributed by atoms with Crippen molar-refractivity contribution in [1.82, 2.24) is 14.4 Å². The van der Waals surface area contributed by atoms with E-state index >= 15 is 0 Å². The number of methoxy groups -OCH3 is 1. The molecule has 1 aliphatic rings. The van der Waals surface area contributed by atoms with E-state index in [1.54, 1.807) is 9.47 Å². The quantitative estimate of drug-likeness (QED) is 0.706. The summed E-state index contributed by atoms with van der Waals surface area (Å²) in [6.45, 7) is 4.13. The lowest BCUT2D eigenvalue weighted by atomic mass is 10.2. The van der Waals surface area contributed by atoms with Crippen molar-refractivity contribution in [3.63, 3.8) is 0 Å². The number of pyridine rings is 1. The lowest BCUT2D eigenvalue weighted by molar-refractivity contribution is -0.137. The number of nitrogens with one attached hydrogen (secondary N) is 1. The first kappa shape index (κ1) is 24.3. The second-order valence-electron chi connectivity index (χ2n) is 7.73. The third-order valence-corrected chi connectivity index (χ3v) is 5.42. The normalized spacial score (nSPS) is 14.8. The molecule has 1 aromatic carbocycles. The first-order valence-electron chi connectivity index (χ1n) is 10.3. The average Bonchev–Trinajstić information content (AvgIpc) is 2.75. The van der Waals surface area contributed by atoms with Crippen LogP contribution in [0.1, 0.15) is 18.2 Å². The maximum absolute atomic E-state index is 12.7. The molecule has 2 amide bonds. The number of benzene rings is 1. The Morgan fingerprint density at radius 3 is 2.27 bits per heavy atom. The summed E-state index contributed by atoms with van der Waals surface area (Å²) in [5.74, 6) is -0.387. The van der Waals surface area contributed by atoms with Crippen LogP contribution in [0.2, 0.25) is 0 Å². The van der Waals surface area contributed by atoms with E-state index in [-0.39, 0.29) is 29.3 Å². The number of halogens is 3. The average molecular weight is 466 g/mol. The molecule has 178 valence electrons. The van der Waals surface area contributed by atoms with Crippen molar-refractivity contribution in [2.24, 2.45) is 0 Å². The zero-order valence-corrected chi connectivity index (χ0v) is 18.3. The van der Waals surface area contributed by atoms with Gasteiger partial charge >= 0.3 is 6.18 Å². The summed E-state index contributed by atoms with van der Waals surface area (Å²) in [6, 6.07) is 5.56. The van der Waals surface area contributed by atoms with Gasteiger partial charge in [0.25, 0.3) is 0 Å². The molecule has 2 heterocycles. The van der Waals surface area contributed by atoms with Gasteiger partial charge in [0, 0.05) is 57.1 Å². The van der Waals surface area contributed by atoms with Gasteiger partial charge in [-0.05, 0) is 24.3 Å². The summed E-state index contributed by atoms with van der Waals surface area (Å²) >= 11 is 0. The van der Waals surface area contributed by atoms with Crippen molar-refractivity contribution in [2.75, 3.05) is 38.6 Å². The Hall–Kier alpha value is -3.34. The number of amides is 2. The number of carbonyl (C=O) groups is 2. The van der Waals surface area contributed by atoms with E-state index in [4.69, 9.17) is 4.74 Å². The number of anilines is 1. The number of rotatable bonds is 6. The molecule has 11 heteroatoms. The second-order valence-corrected chi connectivity index (χ2v) is 7.73. The van der Waals surface area contributed by atoms with Gasteiger partial charge in [-0.3, -0.25) is 19.3 Å². The predicted octanol–water partition coefficient (Wildman–Crippen LogP) is 2.18. The maximum atomic E-state index is 12.7. The van der Waals surface area contributed by atoms with Gasteiger partial charge in [-0.15, -0.1) is 0 Å². The van der Waals surface area contributed by atoms with E-state index in [9.17, 15) is 27.6 Å². The largest absolute Gasteiger partial charge is 0.491 e. The van der Waals surface area contributed by atoms with Crippen LogP contribution in [0.3, 0.4) is 0 Å². The topological polar surface area (TPSA) is 83.9 Å². The fraction of sp³-hybridized carbons (Fsp3) is 0.409. The maximum Gasteiger partial charge on any atom is 0.416 e. The first-order valence-corrected chi connectivity index (χ1v) is 10.3. The molecule has 0 spiro atoms. The Morgan fingerprint density at radius 1 is 1.09 bits per heavy atom. The highest BCUT2D eigenvalue weighted by molar-refractivity contribution is 5.90. The summed E-state index contributed by atoms with van der Waals surface area (Å²) < 4.78 is 44.8. The molecule has 0 saturated carbocycles. The molecular weight excluding hydrogens is 441 g/mol. The molecule has 1 aromatic heterocycles. The van der Waals surface area contributed by atoms with E-state index in [1.807, 2.05) is 0 Å². The van der Waals surface area contributed by atoms with Crippen molar-refractivity contribution >= 4 is 17.5 Å². The molecule has 0 atom stereocenters. The van der Waals surface area contributed by atoms with E-state index in [0.717, 1.165) is 12.1 Å². The minimum Gasteiger partial charge on any atom is -0.491 e. The Balaban J connectivity index is 1.72. The molecule has 1 aliphatic heterocycles. The van der Waals surface area contributed by atoms with Crippen LogP contribution in [0.5, 0.6) is 5.75 Å². The molecule has 0 aliphatic carbocycles. The van der Waals surface area contributed by atoms with Gasteiger partial charge in [0.1, 0.15) is 6.54 Å². The van der Waals surface area contributed by atoms with Crippen LogP contribution >= 0.6 is 0 Å². The number of aromatic nitrogens is 1. The van der Waals surface area contributed by atoms with Gasteiger partial charge < -0.3 is 19.5 Å². The van der Waals surface area contributed by atoms with Gasteiger partial charge in [-0.1, -0.05) is 0 Å². The fourth-order valence-corrected chi connectivity index (χ4v) is 3.58. The number of ether oxygens (including phenoxy) is 1. The number of piperazine rings is 1. The highest BCUT2D eigenvalue weighted by Crippen LogP contribution is 2.29. The third-order valence-electron chi connectivity index (χ3n) is 5.42. The van der Waals surface area contributed by atoms with E-state index < -0.39 is 17.6 Å². The summed E-state index contributed by atoms with van der Waals surface area (Å²) in [5.41, 5.74) is -0.324. The lowest BCUT2D eigenvalue weighted by Gasteiger charge is -2.34. The molecule has 0 bridgehead atoms. The van der Waals surface area contributed by atoms with Crippen LogP contribution in [0.15, 0.2) is 41.3 Å². The Kier molecular flexibility index (Phi) is 7.42. The summed E-state index contributed by atoms with van der Waals surface area (Å²) in [7, 11) is 1.35. The monoisotopic (exact) mass is 466 g/mol. The number of alkyl halides is 3. The van der Waals surface area contributed by atoms with Crippen molar-refractivity contribution < 1.29 is 27.5 Å². The van der Waals surface area contributed by atoms with Gasteiger partial charge in [0.2, 0.25) is 17.2 Å². The molecular formula is C22H25F3N4O4. The summed E-state index contributed by atoms with van der Waals surface area (Å²) in [4.78, 5) is 40.2. The molecule has 0 unspecified atom stereocenters. The van der Waals surface area contributed by atoms with E-state index in [1.165, 1.54) is 38.4 Å². The SMILES string of the molecule is COc1cn(CC(=O)Nc2ccc(C(F)(F)F)cc2)c(CN2CCN(C(C)=O)CC2)cc1=O. The van der Waals surface area contributed by atoms with Gasteiger partial charge in [-0.25, -0.2) is 0 Å². The molecule has 0 radical (unpaired) electrons. The molecule has 8 nitrogen and oxygen atoms in total. The highest BCUT2D eigenvalue weighted by Gasteiger charge is 2.30. The number of hydrogen-bond donors (Lipinski definition) is 1. The molecule has 2 aromatic rings. The molecule has 3 rings (SSSR count). The number of hydrogen-bond acceptors (Lipinski definition) is 5. The van der Waals surface area contributed by atoms with Crippen molar-refractivity contribution in [2.45, 2.75) is 26.2 Å². The van der Waals surface area contributed by atoms with Gasteiger partial charge in [-0.2, -0.15) is 13.2 Å². The zero-order valence-electron chi connectivity index (χ0n) is 18.3. The summed E-state index contributed by atoms with van der Waals surface area (Å²) in [6.07, 6.45) is -3.02. The predicted molar refractivity (Wildman–Crippen MR) is 115 cm³/mol. The second kappa shape index (κ2) is 10.1. The van der Waals surface area contributed by atoms with E-state index in [0.29, 0.717) is 38.4 Å². The minimum atomic E-state index is -4.46. The minimum absolute atomic E-state index is 0.0101. The molecule has 1 N–H and O–H groups in total. The Labute approximate surface area is 188 Å². The summed E-state index contributed by atoms with van der Waals surface area (Å²) in [5, 5.41) is 2.57. The van der Waals surface area contributed by atoms with Crippen molar-refractivity contribution in [1.29, 1.82) is 0 Å². The standard InChI is InChI=1S/C22H25F3N4O4/c1-15(30)28-9-7-27(8-10-28)12-18-11-19(31)20(33-2)13-29(18)14-21(32)26-17-5-3-16(4-6-17)22(23,24)25/h3-6,11,13H,7-10,12,14H2,1-2H3,(H,26,32). The van der Waals surface area contributed by atoms with Crippen LogP contribution in [-0.4, -0.2) is 59.5 Å². The Morgan fingerprint density at radius 2 is 1.73 bits per heavy atom. The number of carbonyl (C=O) groups excluding carboxylic acids is 2.